The number of likely N-dealkylation sites (tertiary alicyclic amines) is 1. The maximum Gasteiger partial charge on any atom is 0.225 e. The number of hydrogen-bond acceptors (Lipinski definition) is 3. The van der Waals surface area contributed by atoms with E-state index in [-0.39, 0.29) is 18.1 Å². The minimum atomic E-state index is 0.180. The average Bonchev–Trinajstić information content (AvgIpc) is 2.96. The highest BCUT2D eigenvalue weighted by Crippen LogP contribution is 2.33. The van der Waals surface area contributed by atoms with Gasteiger partial charge in [-0.15, -0.1) is 0 Å². The third-order valence-electron chi connectivity index (χ3n) is 4.11. The van der Waals surface area contributed by atoms with Crippen LogP contribution in [0.15, 0.2) is 24.3 Å². The first-order valence-electron chi connectivity index (χ1n) is 8.17. The second-order valence-corrected chi connectivity index (χ2v) is 6.40. The molecule has 1 atom stereocenters. The first-order chi connectivity index (χ1) is 10.5. The molecule has 0 N–H and O–H groups in total. The second kappa shape index (κ2) is 7.63. The number of hydrogen-bond donors (Lipinski definition) is 0. The lowest BCUT2D eigenvalue weighted by Gasteiger charge is -2.26. The van der Waals surface area contributed by atoms with Gasteiger partial charge in [-0.1, -0.05) is 12.1 Å². The largest absolute Gasteiger partial charge is 0.378 e. The van der Waals surface area contributed by atoms with Gasteiger partial charge in [0.05, 0.1) is 25.2 Å². The van der Waals surface area contributed by atoms with Gasteiger partial charge in [0.1, 0.15) is 0 Å². The van der Waals surface area contributed by atoms with E-state index >= 15 is 0 Å². The Hall–Kier alpha value is -1.55. The number of amides is 1. The minimum absolute atomic E-state index is 0.180. The lowest BCUT2D eigenvalue weighted by atomic mass is 10.0. The van der Waals surface area contributed by atoms with Gasteiger partial charge < -0.3 is 14.5 Å². The molecule has 4 heteroatoms. The highest BCUT2D eigenvalue weighted by molar-refractivity contribution is 5.77. The fourth-order valence-corrected chi connectivity index (χ4v) is 2.95. The van der Waals surface area contributed by atoms with Crippen LogP contribution >= 0.6 is 0 Å². The van der Waals surface area contributed by atoms with Crippen LogP contribution < -0.4 is 4.90 Å². The zero-order valence-corrected chi connectivity index (χ0v) is 14.2. The van der Waals surface area contributed by atoms with E-state index in [0.717, 1.165) is 19.4 Å². The van der Waals surface area contributed by atoms with Crippen LogP contribution in [0.5, 0.6) is 0 Å². The molecule has 2 rings (SSSR count). The highest BCUT2D eigenvalue weighted by atomic mass is 16.5. The van der Waals surface area contributed by atoms with Crippen LogP contribution in [0.25, 0.3) is 0 Å². The molecule has 122 valence electrons. The van der Waals surface area contributed by atoms with Crippen molar-refractivity contribution in [3.05, 3.63) is 29.8 Å². The minimum Gasteiger partial charge on any atom is -0.378 e. The Kier molecular flexibility index (Phi) is 5.83. The Morgan fingerprint density at radius 2 is 2.18 bits per heavy atom. The molecule has 1 heterocycles. The molecule has 0 saturated carbocycles. The molecule has 1 amide bonds. The van der Waals surface area contributed by atoms with Crippen molar-refractivity contribution in [1.82, 2.24) is 4.90 Å². The number of ether oxygens (including phenoxy) is 1. The van der Waals surface area contributed by atoms with Crippen molar-refractivity contribution in [2.45, 2.75) is 45.3 Å². The molecule has 1 fully saturated rings. The number of anilines is 1. The molecule has 1 aromatic rings. The Labute approximate surface area is 134 Å². The predicted molar refractivity (Wildman–Crippen MR) is 90.2 cm³/mol. The predicted octanol–water partition coefficient (Wildman–Crippen LogP) is 3.23. The van der Waals surface area contributed by atoms with Crippen LogP contribution in [0.3, 0.4) is 0 Å². The van der Waals surface area contributed by atoms with Crippen molar-refractivity contribution < 1.29 is 9.53 Å². The van der Waals surface area contributed by atoms with Gasteiger partial charge in [0, 0.05) is 26.3 Å². The smallest absolute Gasteiger partial charge is 0.225 e. The third kappa shape index (κ3) is 4.23. The fraction of sp³-hybridized carbons (Fsp3) is 0.611. The topological polar surface area (TPSA) is 32.8 Å². The standard InChI is InChI=1S/C18H28N2O2/c1-14(2)22-12-10-18(21)20-11-6-9-17(20)15-7-5-8-16(13-15)19(3)4/h5,7-8,13-14,17H,6,9-12H2,1-4H3. The molecule has 22 heavy (non-hydrogen) atoms. The van der Waals surface area contributed by atoms with Crippen LogP contribution in [0, 0.1) is 0 Å². The molecule has 1 saturated heterocycles. The number of benzene rings is 1. The summed E-state index contributed by atoms with van der Waals surface area (Å²) in [6, 6.07) is 8.72. The lowest BCUT2D eigenvalue weighted by Crippen LogP contribution is -2.31. The SMILES string of the molecule is CC(C)OCCC(=O)N1CCCC1c1cccc(N(C)C)c1. The van der Waals surface area contributed by atoms with Crippen LogP contribution in [-0.2, 0) is 9.53 Å². The van der Waals surface area contributed by atoms with Crippen molar-refractivity contribution in [1.29, 1.82) is 0 Å². The number of carbonyl (C=O) groups excluding carboxylic acids is 1. The van der Waals surface area contributed by atoms with Crippen molar-refractivity contribution in [3.63, 3.8) is 0 Å². The molecule has 0 aromatic heterocycles. The summed E-state index contributed by atoms with van der Waals surface area (Å²) in [6.45, 7) is 5.36. The number of nitrogens with zero attached hydrogens (tertiary/aromatic N) is 2. The van der Waals surface area contributed by atoms with Gasteiger partial charge in [-0.3, -0.25) is 4.79 Å². The Morgan fingerprint density at radius 3 is 2.86 bits per heavy atom. The Balaban J connectivity index is 2.03. The quantitative estimate of drug-likeness (QED) is 0.809. The van der Waals surface area contributed by atoms with E-state index < -0.39 is 0 Å². The molecule has 0 radical (unpaired) electrons. The van der Waals surface area contributed by atoms with E-state index in [4.69, 9.17) is 4.74 Å². The van der Waals surface area contributed by atoms with Crippen LogP contribution in [0.4, 0.5) is 5.69 Å². The van der Waals surface area contributed by atoms with Crippen LogP contribution in [-0.4, -0.2) is 44.2 Å². The summed E-state index contributed by atoms with van der Waals surface area (Å²) < 4.78 is 5.51. The fourth-order valence-electron chi connectivity index (χ4n) is 2.95. The van der Waals surface area contributed by atoms with Crippen molar-refractivity contribution in [2.24, 2.45) is 0 Å². The normalized spacial score (nSPS) is 18.0. The van der Waals surface area contributed by atoms with Gasteiger partial charge in [-0.2, -0.15) is 0 Å². The number of carbonyl (C=O) groups is 1. The van der Waals surface area contributed by atoms with E-state index in [2.05, 4.69) is 29.2 Å². The molecule has 0 aliphatic carbocycles. The zero-order valence-electron chi connectivity index (χ0n) is 14.2. The summed E-state index contributed by atoms with van der Waals surface area (Å²) in [7, 11) is 4.08. The molecule has 1 aliphatic rings. The molecule has 4 nitrogen and oxygen atoms in total. The van der Waals surface area contributed by atoms with Crippen molar-refractivity contribution >= 4 is 11.6 Å². The van der Waals surface area contributed by atoms with Gasteiger partial charge in [0.25, 0.3) is 0 Å². The molecule has 1 aliphatic heterocycles. The summed E-state index contributed by atoms with van der Waals surface area (Å²) in [5, 5.41) is 0. The van der Waals surface area contributed by atoms with Crippen molar-refractivity contribution in [3.8, 4) is 0 Å². The maximum absolute atomic E-state index is 12.5. The van der Waals surface area contributed by atoms with E-state index in [1.54, 1.807) is 0 Å². The lowest BCUT2D eigenvalue weighted by molar-refractivity contribution is -0.133. The summed E-state index contributed by atoms with van der Waals surface area (Å²) in [4.78, 5) is 16.6. The van der Waals surface area contributed by atoms with Gasteiger partial charge in [-0.05, 0) is 44.4 Å². The summed E-state index contributed by atoms with van der Waals surface area (Å²) in [5.74, 6) is 0.207. The third-order valence-corrected chi connectivity index (χ3v) is 4.11. The Bertz CT molecular complexity index is 500. The molecular weight excluding hydrogens is 276 g/mol. The summed E-state index contributed by atoms with van der Waals surface area (Å²) >= 11 is 0. The van der Waals surface area contributed by atoms with Crippen LogP contribution in [0.2, 0.25) is 0 Å². The van der Waals surface area contributed by atoms with E-state index in [9.17, 15) is 4.79 Å². The molecule has 0 spiro atoms. The highest BCUT2D eigenvalue weighted by Gasteiger charge is 2.29. The van der Waals surface area contributed by atoms with Crippen LogP contribution in [0.1, 0.15) is 44.7 Å². The van der Waals surface area contributed by atoms with Gasteiger partial charge in [0.2, 0.25) is 5.91 Å². The van der Waals surface area contributed by atoms with Gasteiger partial charge in [0.15, 0.2) is 0 Å². The van der Waals surface area contributed by atoms with Gasteiger partial charge >= 0.3 is 0 Å². The first-order valence-corrected chi connectivity index (χ1v) is 8.17. The summed E-state index contributed by atoms with van der Waals surface area (Å²) in [6.07, 6.45) is 2.78. The molecule has 0 bridgehead atoms. The van der Waals surface area contributed by atoms with Crippen molar-refractivity contribution in [2.75, 3.05) is 32.1 Å². The van der Waals surface area contributed by atoms with E-state index in [1.165, 1.54) is 11.3 Å². The molecule has 1 unspecified atom stereocenters. The van der Waals surface area contributed by atoms with E-state index in [1.807, 2.05) is 32.8 Å². The van der Waals surface area contributed by atoms with E-state index in [0.29, 0.717) is 13.0 Å². The molecular formula is C18H28N2O2. The summed E-state index contributed by atoms with van der Waals surface area (Å²) in [5.41, 5.74) is 2.42. The first kappa shape index (κ1) is 16.8. The average molecular weight is 304 g/mol. The monoisotopic (exact) mass is 304 g/mol. The number of rotatable bonds is 6. The molecule has 1 aromatic carbocycles. The van der Waals surface area contributed by atoms with Gasteiger partial charge in [-0.25, -0.2) is 0 Å². The second-order valence-electron chi connectivity index (χ2n) is 6.40. The zero-order chi connectivity index (χ0) is 16.1. The maximum atomic E-state index is 12.5. The Morgan fingerprint density at radius 1 is 1.41 bits per heavy atom.